The van der Waals surface area contributed by atoms with E-state index in [0.717, 1.165) is 12.1 Å². The van der Waals surface area contributed by atoms with Crippen LogP contribution < -0.4 is 15.2 Å². The zero-order chi connectivity index (χ0) is 20.8. The molecule has 0 saturated carbocycles. The topological polar surface area (TPSA) is 81.8 Å². The van der Waals surface area contributed by atoms with Gasteiger partial charge >= 0.3 is 12.1 Å². The number of para-hydroxylation sites is 1. The van der Waals surface area contributed by atoms with Crippen LogP contribution in [0.15, 0.2) is 29.8 Å². The first-order valence-electron chi connectivity index (χ1n) is 7.42. The highest BCUT2D eigenvalue weighted by molar-refractivity contribution is 6.39. The molecule has 5 nitrogen and oxygen atoms in total. The lowest BCUT2D eigenvalue weighted by molar-refractivity contribution is -0.187. The van der Waals surface area contributed by atoms with Crippen molar-refractivity contribution in [2.24, 2.45) is 0 Å². The number of ether oxygens (including phenoxy) is 2. The van der Waals surface area contributed by atoms with Crippen molar-refractivity contribution in [3.8, 4) is 17.2 Å². The Morgan fingerprint density at radius 3 is 2.54 bits per heavy atom. The summed E-state index contributed by atoms with van der Waals surface area (Å²) in [7, 11) is 0. The molecule has 0 fully saturated rings. The van der Waals surface area contributed by atoms with Gasteiger partial charge in [0, 0.05) is 11.6 Å². The van der Waals surface area contributed by atoms with Crippen molar-refractivity contribution in [3.05, 3.63) is 51.3 Å². The maximum Gasteiger partial charge on any atom is 0.430 e. The average molecular weight is 438 g/mol. The van der Waals surface area contributed by atoms with E-state index < -0.39 is 46.2 Å². The fourth-order valence-electron chi connectivity index (χ4n) is 2.47. The lowest BCUT2D eigenvalue weighted by Gasteiger charge is -2.28. The van der Waals surface area contributed by atoms with Gasteiger partial charge in [0.1, 0.15) is 5.02 Å². The molecular weight excluding hydrogens is 429 g/mol. The number of rotatable bonds is 3. The predicted molar refractivity (Wildman–Crippen MR) is 93.4 cm³/mol. The van der Waals surface area contributed by atoms with Crippen molar-refractivity contribution in [3.63, 3.8) is 0 Å². The SMILES string of the molecule is Nc1c(Cl)cc(Oc2cccc3c2OC(C(F)(F)F)C(C(=O)O)=C3)c(F)c1Cl. The molecular formula is C17H9Cl2F4NO4. The molecule has 148 valence electrons. The van der Waals surface area contributed by atoms with Crippen molar-refractivity contribution >= 4 is 40.9 Å². The Morgan fingerprint density at radius 1 is 1.25 bits per heavy atom. The summed E-state index contributed by atoms with van der Waals surface area (Å²) in [5.74, 6) is -4.09. The molecule has 28 heavy (non-hydrogen) atoms. The van der Waals surface area contributed by atoms with E-state index >= 15 is 0 Å². The van der Waals surface area contributed by atoms with Crippen LogP contribution in [-0.2, 0) is 4.79 Å². The number of halogens is 6. The fraction of sp³-hybridized carbons (Fsp3) is 0.118. The minimum atomic E-state index is -5.01. The standard InChI is InChI=1S/C17H9Cl2F4NO4/c18-8-5-10(12(20)11(19)13(8)24)27-9-3-1-2-6-4-7(16(25)26)15(17(21,22)23)28-14(6)9/h1-5,15H,24H2,(H,25,26). The average Bonchev–Trinajstić information content (AvgIpc) is 2.62. The van der Waals surface area contributed by atoms with Crippen LogP contribution in [0.5, 0.6) is 17.2 Å². The number of benzene rings is 2. The molecule has 3 N–H and O–H groups in total. The predicted octanol–water partition coefficient (Wildman–Crippen LogP) is 5.30. The van der Waals surface area contributed by atoms with Crippen LogP contribution in [-0.4, -0.2) is 23.4 Å². The van der Waals surface area contributed by atoms with E-state index in [9.17, 15) is 22.4 Å². The first-order chi connectivity index (χ1) is 13.0. The number of carboxylic acids is 1. The summed E-state index contributed by atoms with van der Waals surface area (Å²) in [6, 6.07) is 4.89. The minimum absolute atomic E-state index is 0.00319. The molecule has 11 heteroatoms. The van der Waals surface area contributed by atoms with Gasteiger partial charge in [0.05, 0.1) is 16.3 Å². The van der Waals surface area contributed by atoms with Crippen molar-refractivity contribution in [1.29, 1.82) is 0 Å². The summed E-state index contributed by atoms with van der Waals surface area (Å²) >= 11 is 11.5. The summed E-state index contributed by atoms with van der Waals surface area (Å²) in [4.78, 5) is 11.2. The molecule has 1 heterocycles. The van der Waals surface area contributed by atoms with Crippen LogP contribution >= 0.6 is 23.2 Å². The van der Waals surface area contributed by atoms with Crippen LogP contribution in [0.25, 0.3) is 6.08 Å². The molecule has 3 rings (SSSR count). The molecule has 0 amide bonds. The third-order valence-corrected chi connectivity index (χ3v) is 4.45. The quantitative estimate of drug-likeness (QED) is 0.386. The third-order valence-electron chi connectivity index (χ3n) is 3.76. The molecule has 1 unspecified atom stereocenters. The smallest absolute Gasteiger partial charge is 0.430 e. The Bertz CT molecular complexity index is 1010. The second kappa shape index (κ2) is 7.06. The molecule has 0 radical (unpaired) electrons. The number of fused-ring (bicyclic) bond motifs is 1. The largest absolute Gasteiger partial charge is 0.478 e. The highest BCUT2D eigenvalue weighted by Crippen LogP contribution is 2.45. The van der Waals surface area contributed by atoms with Gasteiger partial charge in [-0.25, -0.2) is 9.18 Å². The zero-order valence-electron chi connectivity index (χ0n) is 13.5. The van der Waals surface area contributed by atoms with Crippen molar-refractivity contribution in [2.45, 2.75) is 12.3 Å². The number of nitrogens with two attached hydrogens (primary N) is 1. The van der Waals surface area contributed by atoms with E-state index in [1.807, 2.05) is 0 Å². The van der Waals surface area contributed by atoms with Gasteiger partial charge in [-0.05, 0) is 12.1 Å². The van der Waals surface area contributed by atoms with Crippen molar-refractivity contribution in [1.82, 2.24) is 0 Å². The Labute approximate surface area is 164 Å². The van der Waals surface area contributed by atoms with Gasteiger partial charge < -0.3 is 20.3 Å². The van der Waals surface area contributed by atoms with Gasteiger partial charge in [-0.15, -0.1) is 0 Å². The monoisotopic (exact) mass is 437 g/mol. The van der Waals surface area contributed by atoms with Gasteiger partial charge in [-0.1, -0.05) is 35.3 Å². The first-order valence-corrected chi connectivity index (χ1v) is 8.18. The molecule has 1 atom stereocenters. The molecule has 2 aromatic carbocycles. The third kappa shape index (κ3) is 3.55. The summed E-state index contributed by atoms with van der Waals surface area (Å²) in [5, 5.41) is 8.41. The van der Waals surface area contributed by atoms with E-state index in [-0.39, 0.29) is 22.0 Å². The lowest BCUT2D eigenvalue weighted by atomic mass is 10.0. The molecule has 0 bridgehead atoms. The van der Waals surface area contributed by atoms with Gasteiger partial charge in [0.25, 0.3) is 0 Å². The number of hydrogen-bond donors (Lipinski definition) is 2. The van der Waals surface area contributed by atoms with Gasteiger partial charge in [0.2, 0.25) is 6.10 Å². The molecule has 0 spiro atoms. The highest BCUT2D eigenvalue weighted by Gasteiger charge is 2.49. The number of aliphatic carboxylic acids is 1. The number of carboxylic acid groups (broad SMARTS) is 1. The van der Waals surface area contributed by atoms with Crippen LogP contribution in [0.3, 0.4) is 0 Å². The second-order valence-electron chi connectivity index (χ2n) is 5.62. The Morgan fingerprint density at radius 2 is 1.93 bits per heavy atom. The Kier molecular flexibility index (Phi) is 5.07. The van der Waals surface area contributed by atoms with Crippen LogP contribution in [0.2, 0.25) is 10.0 Å². The Hall–Kier alpha value is -2.65. The molecule has 1 aliphatic heterocycles. The van der Waals surface area contributed by atoms with Gasteiger partial charge in [-0.3, -0.25) is 0 Å². The summed E-state index contributed by atoms with van der Waals surface area (Å²) in [6.45, 7) is 0. The van der Waals surface area contributed by atoms with Gasteiger partial charge in [0.15, 0.2) is 23.1 Å². The zero-order valence-corrected chi connectivity index (χ0v) is 15.0. The fourth-order valence-corrected chi connectivity index (χ4v) is 2.91. The minimum Gasteiger partial charge on any atom is -0.478 e. The van der Waals surface area contributed by atoms with Crippen molar-refractivity contribution < 1.29 is 36.9 Å². The Balaban J connectivity index is 2.09. The van der Waals surface area contributed by atoms with Crippen LogP contribution in [0.1, 0.15) is 5.56 Å². The first kappa shape index (κ1) is 20.1. The van der Waals surface area contributed by atoms with E-state index in [0.29, 0.717) is 0 Å². The molecule has 0 aliphatic carbocycles. The van der Waals surface area contributed by atoms with Crippen molar-refractivity contribution in [2.75, 3.05) is 5.73 Å². The van der Waals surface area contributed by atoms with Crippen LogP contribution in [0.4, 0.5) is 23.2 Å². The highest BCUT2D eigenvalue weighted by atomic mass is 35.5. The van der Waals surface area contributed by atoms with Crippen LogP contribution in [0, 0.1) is 5.82 Å². The molecule has 0 aromatic heterocycles. The second-order valence-corrected chi connectivity index (χ2v) is 6.40. The molecule has 0 saturated heterocycles. The van der Waals surface area contributed by atoms with E-state index in [4.69, 9.17) is 43.5 Å². The normalized spacial score (nSPS) is 16.1. The van der Waals surface area contributed by atoms with Gasteiger partial charge in [-0.2, -0.15) is 13.2 Å². The summed E-state index contributed by atoms with van der Waals surface area (Å²) < 4.78 is 64.2. The maximum atomic E-state index is 14.3. The molecule has 1 aliphatic rings. The number of nitrogen functional groups attached to an aromatic ring is 1. The number of hydrogen-bond acceptors (Lipinski definition) is 4. The summed E-state index contributed by atoms with van der Waals surface area (Å²) in [5.41, 5.74) is 4.27. The summed E-state index contributed by atoms with van der Waals surface area (Å²) in [6.07, 6.45) is -6.93. The lowest BCUT2D eigenvalue weighted by Crippen LogP contribution is -2.40. The number of anilines is 1. The maximum absolute atomic E-state index is 14.3. The van der Waals surface area contributed by atoms with E-state index in [1.165, 1.54) is 18.2 Å². The number of carbonyl (C=O) groups is 1. The van der Waals surface area contributed by atoms with E-state index in [2.05, 4.69) is 0 Å². The molecule has 2 aromatic rings. The van der Waals surface area contributed by atoms with E-state index in [1.54, 1.807) is 0 Å². The number of alkyl halides is 3.